The zero-order valence-electron chi connectivity index (χ0n) is 8.86. The van der Waals surface area contributed by atoms with Crippen molar-refractivity contribution < 1.29 is 4.79 Å². The van der Waals surface area contributed by atoms with E-state index >= 15 is 0 Å². The molecule has 0 saturated carbocycles. The topological polar surface area (TPSA) is 54.0 Å². The van der Waals surface area contributed by atoms with Gasteiger partial charge in [-0.3, -0.25) is 4.79 Å². The molecule has 2 N–H and O–H groups in total. The second-order valence-electron chi connectivity index (χ2n) is 3.43. The van der Waals surface area contributed by atoms with Gasteiger partial charge in [0.1, 0.15) is 4.88 Å². The van der Waals surface area contributed by atoms with Crippen LogP contribution in [-0.4, -0.2) is 30.0 Å². The predicted molar refractivity (Wildman–Crippen MR) is 70.1 cm³/mol. The lowest BCUT2D eigenvalue weighted by atomic mass is 10.2. The average Bonchev–Trinajstić information content (AvgIpc) is 2.75. The van der Waals surface area contributed by atoms with Gasteiger partial charge in [0.25, 0.3) is 5.91 Å². The summed E-state index contributed by atoms with van der Waals surface area (Å²) in [6.07, 6.45) is 1.02. The molecule has 1 aliphatic rings. The lowest BCUT2D eigenvalue weighted by Crippen LogP contribution is -2.36. The summed E-state index contributed by atoms with van der Waals surface area (Å²) in [5.74, 6) is 0.0127. The zero-order valence-corrected chi connectivity index (χ0v) is 11.3. The van der Waals surface area contributed by atoms with Crippen molar-refractivity contribution in [2.24, 2.45) is 0 Å². The number of thiazole rings is 1. The lowest BCUT2D eigenvalue weighted by Gasteiger charge is -2.09. The van der Waals surface area contributed by atoms with Crippen molar-refractivity contribution in [1.29, 1.82) is 0 Å². The molecular weight excluding hydrogens is 269 g/mol. The third-order valence-electron chi connectivity index (χ3n) is 2.35. The Balaban J connectivity index is 0.00000112. The van der Waals surface area contributed by atoms with Gasteiger partial charge < -0.3 is 10.6 Å². The highest BCUT2D eigenvalue weighted by Crippen LogP contribution is 2.12. The van der Waals surface area contributed by atoms with Gasteiger partial charge in [-0.05, 0) is 19.9 Å². The van der Waals surface area contributed by atoms with Gasteiger partial charge in [-0.25, -0.2) is 4.98 Å². The van der Waals surface area contributed by atoms with Crippen LogP contribution < -0.4 is 10.6 Å². The zero-order chi connectivity index (χ0) is 9.97. The van der Waals surface area contributed by atoms with Crippen LogP contribution in [-0.2, 0) is 0 Å². The van der Waals surface area contributed by atoms with E-state index in [0.717, 1.165) is 30.1 Å². The van der Waals surface area contributed by atoms with Crippen LogP contribution in [0.2, 0.25) is 0 Å². The van der Waals surface area contributed by atoms with Crippen molar-refractivity contribution in [2.75, 3.05) is 13.1 Å². The van der Waals surface area contributed by atoms with Crippen molar-refractivity contribution >= 4 is 42.1 Å². The number of nitrogens with zero attached hydrogens (tertiary/aromatic N) is 1. The third-order valence-corrected chi connectivity index (χ3v) is 3.27. The summed E-state index contributed by atoms with van der Waals surface area (Å²) in [5.41, 5.74) is 2.52. The van der Waals surface area contributed by atoms with E-state index in [9.17, 15) is 4.79 Å². The van der Waals surface area contributed by atoms with Gasteiger partial charge in [0, 0.05) is 12.6 Å². The Labute approximate surface area is 111 Å². The Bertz CT molecular complexity index is 339. The molecule has 2 heterocycles. The molecule has 7 heteroatoms. The molecule has 4 nitrogen and oxygen atoms in total. The quantitative estimate of drug-likeness (QED) is 0.863. The molecule has 92 valence electrons. The number of nitrogens with one attached hydrogen (secondary N) is 2. The van der Waals surface area contributed by atoms with Gasteiger partial charge in [-0.15, -0.1) is 36.2 Å². The van der Waals surface area contributed by atoms with Crippen LogP contribution >= 0.6 is 36.2 Å². The molecule has 16 heavy (non-hydrogen) atoms. The maximum Gasteiger partial charge on any atom is 0.263 e. The Kier molecular flexibility index (Phi) is 6.90. The van der Waals surface area contributed by atoms with Crippen molar-refractivity contribution in [1.82, 2.24) is 15.6 Å². The van der Waals surface area contributed by atoms with Crippen LogP contribution in [0, 0.1) is 6.92 Å². The Morgan fingerprint density at radius 3 is 2.88 bits per heavy atom. The van der Waals surface area contributed by atoms with Crippen LogP contribution in [0.25, 0.3) is 0 Å². The van der Waals surface area contributed by atoms with Crippen molar-refractivity contribution in [2.45, 2.75) is 19.4 Å². The van der Waals surface area contributed by atoms with E-state index in [2.05, 4.69) is 15.6 Å². The molecule has 0 radical (unpaired) electrons. The van der Waals surface area contributed by atoms with E-state index in [1.165, 1.54) is 11.3 Å². The van der Waals surface area contributed by atoms with Crippen LogP contribution in [0.5, 0.6) is 0 Å². The predicted octanol–water partition coefficient (Wildman–Crippen LogP) is 1.39. The molecule has 1 aliphatic heterocycles. The first kappa shape index (κ1) is 15.6. The molecule has 0 bridgehead atoms. The number of halogens is 2. The summed E-state index contributed by atoms with van der Waals surface area (Å²) in [4.78, 5) is 16.5. The number of amides is 1. The molecule has 0 aromatic carbocycles. The monoisotopic (exact) mass is 283 g/mol. The summed E-state index contributed by atoms with van der Waals surface area (Å²) in [7, 11) is 0. The summed E-state index contributed by atoms with van der Waals surface area (Å²) in [6, 6.07) is 0.281. The molecule has 0 spiro atoms. The van der Waals surface area contributed by atoms with E-state index in [1.54, 1.807) is 5.51 Å². The molecule has 1 fully saturated rings. The van der Waals surface area contributed by atoms with Gasteiger partial charge >= 0.3 is 0 Å². The average molecular weight is 284 g/mol. The number of aromatic nitrogens is 1. The lowest BCUT2D eigenvalue weighted by molar-refractivity contribution is 0.0943. The number of aryl methyl sites for hydroxylation is 1. The summed E-state index contributed by atoms with van der Waals surface area (Å²) < 4.78 is 0. The van der Waals surface area contributed by atoms with Gasteiger partial charge in [0.15, 0.2) is 0 Å². The second-order valence-corrected chi connectivity index (χ2v) is 4.28. The fourth-order valence-electron chi connectivity index (χ4n) is 1.55. The van der Waals surface area contributed by atoms with Crippen LogP contribution in [0.4, 0.5) is 0 Å². The minimum atomic E-state index is 0. The maximum absolute atomic E-state index is 11.7. The Hall–Kier alpha value is -0.360. The van der Waals surface area contributed by atoms with Gasteiger partial charge in [0.05, 0.1) is 11.2 Å². The number of hydrogen-bond acceptors (Lipinski definition) is 4. The number of hydrogen-bond donors (Lipinski definition) is 2. The number of carbonyl (C=O) groups is 1. The molecule has 1 saturated heterocycles. The van der Waals surface area contributed by atoms with Gasteiger partial charge in [-0.2, -0.15) is 0 Å². The Morgan fingerprint density at radius 1 is 1.62 bits per heavy atom. The standard InChI is InChI=1S/C9H13N3OS.2ClH/c1-6-8(14-5-11-6)9(13)12-7-2-3-10-4-7;;/h5,7,10H,2-4H2,1H3,(H,12,13);2*1H. The molecule has 2 rings (SSSR count). The fourth-order valence-corrected chi connectivity index (χ4v) is 2.25. The molecular formula is C9H15Cl2N3OS. The molecule has 1 atom stereocenters. The van der Waals surface area contributed by atoms with Crippen LogP contribution in [0.15, 0.2) is 5.51 Å². The second kappa shape index (κ2) is 7.06. The highest BCUT2D eigenvalue weighted by atomic mass is 35.5. The van der Waals surface area contributed by atoms with Crippen molar-refractivity contribution in [3.8, 4) is 0 Å². The van der Waals surface area contributed by atoms with Gasteiger partial charge in [-0.1, -0.05) is 0 Å². The summed E-state index contributed by atoms with van der Waals surface area (Å²) in [6.45, 7) is 3.73. The van der Waals surface area contributed by atoms with Crippen molar-refractivity contribution in [3.63, 3.8) is 0 Å². The van der Waals surface area contributed by atoms with E-state index in [1.807, 2.05) is 6.92 Å². The Morgan fingerprint density at radius 2 is 2.38 bits per heavy atom. The van der Waals surface area contributed by atoms with E-state index in [0.29, 0.717) is 0 Å². The van der Waals surface area contributed by atoms with E-state index in [4.69, 9.17) is 0 Å². The molecule has 1 unspecified atom stereocenters. The van der Waals surface area contributed by atoms with Gasteiger partial charge in [0.2, 0.25) is 0 Å². The van der Waals surface area contributed by atoms with E-state index in [-0.39, 0.29) is 36.8 Å². The third kappa shape index (κ3) is 3.59. The molecule has 1 aromatic heterocycles. The molecule has 0 aliphatic carbocycles. The first-order valence-corrected chi connectivity index (χ1v) is 5.57. The molecule has 1 aromatic rings. The van der Waals surface area contributed by atoms with E-state index < -0.39 is 0 Å². The van der Waals surface area contributed by atoms with Crippen molar-refractivity contribution in [3.05, 3.63) is 16.1 Å². The minimum absolute atomic E-state index is 0. The fraction of sp³-hybridized carbons (Fsp3) is 0.556. The van der Waals surface area contributed by atoms with Crippen LogP contribution in [0.1, 0.15) is 21.8 Å². The number of rotatable bonds is 2. The maximum atomic E-state index is 11.7. The first-order chi connectivity index (χ1) is 6.77. The SMILES string of the molecule is Cc1ncsc1C(=O)NC1CCNC1.Cl.Cl. The summed E-state index contributed by atoms with van der Waals surface area (Å²) >= 11 is 1.40. The normalized spacial score (nSPS) is 18.4. The van der Waals surface area contributed by atoms with Crippen LogP contribution in [0.3, 0.4) is 0 Å². The smallest absolute Gasteiger partial charge is 0.263 e. The summed E-state index contributed by atoms with van der Waals surface area (Å²) in [5, 5.41) is 6.20. The molecule has 1 amide bonds. The highest BCUT2D eigenvalue weighted by molar-refractivity contribution is 7.11. The largest absolute Gasteiger partial charge is 0.347 e. The minimum Gasteiger partial charge on any atom is -0.347 e. The number of carbonyl (C=O) groups excluding carboxylic acids is 1. The highest BCUT2D eigenvalue weighted by Gasteiger charge is 2.19. The first-order valence-electron chi connectivity index (χ1n) is 4.69.